The molecule has 30 heavy (non-hydrogen) atoms. The summed E-state index contributed by atoms with van der Waals surface area (Å²) in [6, 6.07) is 21.3. The molecule has 0 saturated carbocycles. The van der Waals surface area contributed by atoms with Crippen LogP contribution in [0.25, 0.3) is 0 Å². The van der Waals surface area contributed by atoms with Crippen molar-refractivity contribution in [2.75, 3.05) is 7.11 Å². The summed E-state index contributed by atoms with van der Waals surface area (Å²) in [6.07, 6.45) is 0.682. The Balaban J connectivity index is 1.82. The van der Waals surface area contributed by atoms with Crippen LogP contribution in [0.4, 0.5) is 0 Å². The van der Waals surface area contributed by atoms with Gasteiger partial charge >= 0.3 is 5.97 Å². The molecule has 0 spiro atoms. The highest BCUT2D eigenvalue weighted by Gasteiger charge is 2.17. The van der Waals surface area contributed by atoms with Crippen molar-refractivity contribution in [1.82, 2.24) is 0 Å². The van der Waals surface area contributed by atoms with Crippen LogP contribution < -0.4 is 14.3 Å². The molecule has 1 atom stereocenters. The Morgan fingerprint density at radius 2 is 1.67 bits per heavy atom. The van der Waals surface area contributed by atoms with Gasteiger partial charge in [0.1, 0.15) is 17.2 Å². The highest BCUT2D eigenvalue weighted by atomic mass is 35.5. The van der Waals surface area contributed by atoms with Gasteiger partial charge in [-0.2, -0.15) is 0 Å². The minimum atomic E-state index is -0.817. The number of oxime groups is 1. The van der Waals surface area contributed by atoms with Gasteiger partial charge in [0.15, 0.2) is 11.9 Å². The van der Waals surface area contributed by atoms with Crippen LogP contribution >= 0.6 is 11.6 Å². The number of carbonyl (C=O) groups is 1. The lowest BCUT2D eigenvalue weighted by Crippen LogP contribution is -2.25. The van der Waals surface area contributed by atoms with Crippen LogP contribution in [0.5, 0.6) is 23.0 Å². The third-order valence-corrected chi connectivity index (χ3v) is 4.22. The molecular weight excluding hydrogens is 406 g/mol. The monoisotopic (exact) mass is 425 g/mol. The molecule has 0 amide bonds. The molecule has 0 saturated heterocycles. The van der Waals surface area contributed by atoms with Gasteiger partial charge in [0.25, 0.3) is 0 Å². The van der Waals surface area contributed by atoms with Crippen molar-refractivity contribution in [1.29, 1.82) is 0 Å². The van der Waals surface area contributed by atoms with Crippen molar-refractivity contribution in [3.05, 3.63) is 83.4 Å². The number of halogens is 1. The lowest BCUT2D eigenvalue weighted by molar-refractivity contribution is -0.147. The molecule has 0 aliphatic rings. The maximum Gasteiger partial charge on any atom is 0.346 e. The molecule has 0 aromatic heterocycles. The van der Waals surface area contributed by atoms with E-state index in [1.807, 2.05) is 18.2 Å². The first kappa shape index (κ1) is 21.2. The van der Waals surface area contributed by atoms with Gasteiger partial charge in [0, 0.05) is 16.7 Å². The molecule has 6 nitrogen and oxygen atoms in total. The van der Waals surface area contributed by atoms with Crippen molar-refractivity contribution in [2.45, 2.75) is 13.0 Å². The number of hydrogen-bond acceptors (Lipinski definition) is 6. The summed E-state index contributed by atoms with van der Waals surface area (Å²) in [5.74, 6) is 1.62. The van der Waals surface area contributed by atoms with Crippen LogP contribution in [0.2, 0.25) is 5.02 Å². The average molecular weight is 426 g/mol. The molecular formula is C23H20ClNO5. The maximum absolute atomic E-state index is 11.8. The lowest BCUT2D eigenvalue weighted by atomic mass is 10.2. The standard InChI is InChI=1S/C23H20ClNO5/c1-16(23(26)27-2)28-22-14-21(29-19-12-9-18(24)10-13-19)11-8-17(22)15-25-30-20-6-4-3-5-7-20/h3-16H,1-2H3/b25-15+. The quantitative estimate of drug-likeness (QED) is 0.271. The normalized spacial score (nSPS) is 11.7. The van der Waals surface area contributed by atoms with Crippen molar-refractivity contribution < 1.29 is 23.8 Å². The first-order valence-corrected chi connectivity index (χ1v) is 9.50. The number of methoxy groups -OCH3 is 1. The molecule has 0 aliphatic heterocycles. The molecule has 0 heterocycles. The van der Waals surface area contributed by atoms with Crippen LogP contribution in [0.15, 0.2) is 78.0 Å². The summed E-state index contributed by atoms with van der Waals surface area (Å²) in [4.78, 5) is 17.1. The van der Waals surface area contributed by atoms with Crippen molar-refractivity contribution in [3.63, 3.8) is 0 Å². The van der Waals surface area contributed by atoms with Gasteiger partial charge in [0.2, 0.25) is 0 Å². The smallest absolute Gasteiger partial charge is 0.346 e. The van der Waals surface area contributed by atoms with E-state index in [1.165, 1.54) is 13.3 Å². The molecule has 0 N–H and O–H groups in total. The number of ether oxygens (including phenoxy) is 3. The molecule has 1 unspecified atom stereocenters. The Bertz CT molecular complexity index is 1010. The molecule has 0 bridgehead atoms. The van der Waals surface area contributed by atoms with E-state index < -0.39 is 12.1 Å². The Hall–Kier alpha value is -3.51. The third kappa shape index (κ3) is 5.99. The molecule has 7 heteroatoms. The van der Waals surface area contributed by atoms with E-state index >= 15 is 0 Å². The van der Waals surface area contributed by atoms with E-state index in [2.05, 4.69) is 5.16 Å². The van der Waals surface area contributed by atoms with Crippen LogP contribution in [-0.2, 0) is 9.53 Å². The summed E-state index contributed by atoms with van der Waals surface area (Å²) in [5.41, 5.74) is 0.602. The molecule has 0 radical (unpaired) electrons. The lowest BCUT2D eigenvalue weighted by Gasteiger charge is -2.15. The van der Waals surface area contributed by atoms with Gasteiger partial charge < -0.3 is 19.0 Å². The van der Waals surface area contributed by atoms with E-state index in [-0.39, 0.29) is 0 Å². The molecule has 3 aromatic rings. The zero-order valence-corrected chi connectivity index (χ0v) is 17.2. The zero-order valence-electron chi connectivity index (χ0n) is 16.4. The van der Waals surface area contributed by atoms with Crippen LogP contribution in [0, 0.1) is 0 Å². The maximum atomic E-state index is 11.8. The van der Waals surface area contributed by atoms with Crippen LogP contribution in [-0.4, -0.2) is 25.4 Å². The third-order valence-electron chi connectivity index (χ3n) is 3.96. The summed E-state index contributed by atoms with van der Waals surface area (Å²) in [7, 11) is 1.30. The van der Waals surface area contributed by atoms with E-state index in [4.69, 9.17) is 30.6 Å². The number of rotatable bonds is 8. The summed E-state index contributed by atoms with van der Waals surface area (Å²) >= 11 is 5.91. The Kier molecular flexibility index (Phi) is 7.29. The molecule has 0 fully saturated rings. The van der Waals surface area contributed by atoms with Gasteiger partial charge in [-0.1, -0.05) is 35.0 Å². The van der Waals surface area contributed by atoms with Gasteiger partial charge in [-0.05, 0) is 55.5 Å². The fourth-order valence-electron chi connectivity index (χ4n) is 2.46. The Labute approximate surface area is 179 Å². The Morgan fingerprint density at radius 3 is 2.37 bits per heavy atom. The SMILES string of the molecule is COC(=O)C(C)Oc1cc(Oc2ccc(Cl)cc2)ccc1/C=N/Oc1ccccc1. The van der Waals surface area contributed by atoms with Crippen molar-refractivity contribution >= 4 is 23.8 Å². The minimum Gasteiger partial charge on any atom is -0.478 e. The number of carbonyl (C=O) groups excluding carboxylic acids is 1. The van der Waals surface area contributed by atoms with Gasteiger partial charge in [0.05, 0.1) is 13.3 Å². The molecule has 0 aliphatic carbocycles. The van der Waals surface area contributed by atoms with Gasteiger partial charge in [-0.15, -0.1) is 0 Å². The van der Waals surface area contributed by atoms with Gasteiger partial charge in [-0.25, -0.2) is 4.79 Å². The first-order valence-electron chi connectivity index (χ1n) is 9.12. The van der Waals surface area contributed by atoms with Crippen molar-refractivity contribution in [3.8, 4) is 23.0 Å². The number of nitrogens with zero attached hydrogens (tertiary/aromatic N) is 1. The number of benzene rings is 3. The highest BCUT2D eigenvalue weighted by molar-refractivity contribution is 6.30. The largest absolute Gasteiger partial charge is 0.478 e. The molecule has 154 valence electrons. The van der Waals surface area contributed by atoms with E-state index in [9.17, 15) is 4.79 Å². The average Bonchev–Trinajstić information content (AvgIpc) is 2.77. The van der Waals surface area contributed by atoms with Crippen LogP contribution in [0.1, 0.15) is 12.5 Å². The first-order chi connectivity index (χ1) is 14.5. The van der Waals surface area contributed by atoms with E-state index in [1.54, 1.807) is 61.5 Å². The Morgan fingerprint density at radius 1 is 0.967 bits per heavy atom. The summed E-state index contributed by atoms with van der Waals surface area (Å²) < 4.78 is 16.4. The van der Waals surface area contributed by atoms with E-state index in [0.29, 0.717) is 33.6 Å². The molecule has 3 rings (SSSR count). The second-order valence-electron chi connectivity index (χ2n) is 6.18. The summed E-state index contributed by atoms with van der Waals surface area (Å²) in [6.45, 7) is 1.60. The number of para-hydroxylation sites is 1. The fraction of sp³-hybridized carbons (Fsp3) is 0.130. The minimum absolute atomic E-state index is 0.389. The fourth-order valence-corrected chi connectivity index (χ4v) is 2.58. The van der Waals surface area contributed by atoms with Gasteiger partial charge in [-0.3, -0.25) is 0 Å². The summed E-state index contributed by atoms with van der Waals surface area (Å²) in [5, 5.41) is 4.61. The predicted molar refractivity (Wildman–Crippen MR) is 115 cm³/mol. The second kappa shape index (κ2) is 10.3. The zero-order chi connectivity index (χ0) is 21.3. The number of esters is 1. The number of hydrogen-bond donors (Lipinski definition) is 0. The predicted octanol–water partition coefficient (Wildman–Crippen LogP) is 5.49. The van der Waals surface area contributed by atoms with E-state index in [0.717, 1.165) is 0 Å². The second-order valence-corrected chi connectivity index (χ2v) is 6.61. The van der Waals surface area contributed by atoms with Crippen LogP contribution in [0.3, 0.4) is 0 Å². The van der Waals surface area contributed by atoms with Crippen molar-refractivity contribution in [2.24, 2.45) is 5.16 Å². The molecule has 3 aromatic carbocycles. The topological polar surface area (TPSA) is 66.4 Å². The highest BCUT2D eigenvalue weighted by Crippen LogP contribution is 2.29.